The Labute approximate surface area is 122 Å². The van der Waals surface area contributed by atoms with Crippen molar-refractivity contribution in [2.24, 2.45) is 0 Å². The molecule has 0 bridgehead atoms. The molecule has 7 heteroatoms. The van der Waals surface area contributed by atoms with Gasteiger partial charge in [0.1, 0.15) is 17.0 Å². The van der Waals surface area contributed by atoms with Gasteiger partial charge in [-0.3, -0.25) is 0 Å². The first-order chi connectivity index (χ1) is 10.0. The Bertz CT molecular complexity index is 820. The average Bonchev–Trinajstić information content (AvgIpc) is 3.09. The molecule has 3 N–H and O–H groups in total. The lowest BCUT2D eigenvalue weighted by Gasteiger charge is -1.99. The number of hydrogen-bond donors (Lipinski definition) is 3. The van der Waals surface area contributed by atoms with Gasteiger partial charge in [0.05, 0.1) is 5.56 Å². The Morgan fingerprint density at radius 1 is 1.19 bits per heavy atom. The van der Waals surface area contributed by atoms with Crippen LogP contribution < -0.4 is 0 Å². The van der Waals surface area contributed by atoms with E-state index in [-0.39, 0.29) is 17.1 Å². The van der Waals surface area contributed by atoms with Crippen LogP contribution in [0, 0.1) is 0 Å². The predicted octanol–water partition coefficient (Wildman–Crippen LogP) is 3.18. The standard InChI is InChI=1S/C14H9NO5S/c16-10-2-1-7(3-11(10)17)13-15-9(6-21-13)12-4-8(5-20-12)14(18)19/h1-6,16-17H,(H,18,19). The third kappa shape index (κ3) is 2.46. The number of thiazole rings is 1. The fourth-order valence-corrected chi connectivity index (χ4v) is 2.56. The number of aromatic hydroxyl groups is 2. The predicted molar refractivity (Wildman–Crippen MR) is 75.5 cm³/mol. The lowest BCUT2D eigenvalue weighted by Crippen LogP contribution is -1.91. The van der Waals surface area contributed by atoms with E-state index in [0.717, 1.165) is 6.26 Å². The van der Waals surface area contributed by atoms with Crippen molar-refractivity contribution in [1.82, 2.24) is 4.98 Å². The minimum atomic E-state index is -1.07. The van der Waals surface area contributed by atoms with E-state index in [1.54, 1.807) is 11.4 Å². The normalized spacial score (nSPS) is 10.7. The molecule has 106 valence electrons. The van der Waals surface area contributed by atoms with Crippen LogP contribution in [0.4, 0.5) is 0 Å². The zero-order valence-electron chi connectivity index (χ0n) is 10.5. The van der Waals surface area contributed by atoms with E-state index in [1.807, 2.05) is 0 Å². The smallest absolute Gasteiger partial charge is 0.338 e. The number of rotatable bonds is 3. The molecule has 3 rings (SSSR count). The van der Waals surface area contributed by atoms with Crippen molar-refractivity contribution >= 4 is 17.3 Å². The molecule has 0 radical (unpaired) electrons. The number of phenolic OH excluding ortho intramolecular Hbond substituents is 2. The highest BCUT2D eigenvalue weighted by Gasteiger charge is 2.14. The molecule has 0 aliphatic carbocycles. The molecule has 0 aliphatic heterocycles. The first kappa shape index (κ1) is 13.2. The van der Waals surface area contributed by atoms with Gasteiger partial charge in [0.25, 0.3) is 0 Å². The molecule has 0 saturated heterocycles. The largest absolute Gasteiger partial charge is 0.504 e. The van der Waals surface area contributed by atoms with Crippen molar-refractivity contribution in [2.45, 2.75) is 0 Å². The monoisotopic (exact) mass is 303 g/mol. The highest BCUT2D eigenvalue weighted by molar-refractivity contribution is 7.13. The van der Waals surface area contributed by atoms with Crippen LogP contribution in [-0.2, 0) is 0 Å². The summed E-state index contributed by atoms with van der Waals surface area (Å²) in [5.74, 6) is -1.13. The molecular formula is C14H9NO5S. The van der Waals surface area contributed by atoms with E-state index in [4.69, 9.17) is 9.52 Å². The Kier molecular flexibility index (Phi) is 3.11. The fourth-order valence-electron chi connectivity index (χ4n) is 1.76. The van der Waals surface area contributed by atoms with Crippen LogP contribution >= 0.6 is 11.3 Å². The van der Waals surface area contributed by atoms with Gasteiger partial charge in [0.15, 0.2) is 17.3 Å². The van der Waals surface area contributed by atoms with E-state index < -0.39 is 5.97 Å². The van der Waals surface area contributed by atoms with E-state index in [2.05, 4.69) is 4.98 Å². The summed E-state index contributed by atoms with van der Waals surface area (Å²) in [6.45, 7) is 0. The zero-order valence-corrected chi connectivity index (χ0v) is 11.3. The number of phenols is 2. The number of aromatic carboxylic acids is 1. The number of nitrogens with zero attached hydrogens (tertiary/aromatic N) is 1. The summed E-state index contributed by atoms with van der Waals surface area (Å²) in [7, 11) is 0. The van der Waals surface area contributed by atoms with Gasteiger partial charge in [-0.2, -0.15) is 0 Å². The first-order valence-electron chi connectivity index (χ1n) is 5.84. The van der Waals surface area contributed by atoms with Gasteiger partial charge in [0, 0.05) is 17.0 Å². The van der Waals surface area contributed by atoms with Crippen molar-refractivity contribution in [3.63, 3.8) is 0 Å². The van der Waals surface area contributed by atoms with Crippen LogP contribution in [0.15, 0.2) is 40.3 Å². The second kappa shape index (κ2) is 4.95. The molecule has 0 saturated carbocycles. The molecule has 2 heterocycles. The average molecular weight is 303 g/mol. The van der Waals surface area contributed by atoms with Gasteiger partial charge < -0.3 is 19.7 Å². The van der Waals surface area contributed by atoms with Crippen LogP contribution in [0.1, 0.15) is 10.4 Å². The SMILES string of the molecule is O=C(O)c1coc(-c2csc(-c3ccc(O)c(O)c3)n2)c1. The molecule has 21 heavy (non-hydrogen) atoms. The number of carboxylic acids is 1. The zero-order chi connectivity index (χ0) is 15.0. The van der Waals surface area contributed by atoms with Gasteiger partial charge in [-0.05, 0) is 18.2 Å². The fraction of sp³-hybridized carbons (Fsp3) is 0. The number of benzene rings is 1. The molecule has 0 atom stereocenters. The van der Waals surface area contributed by atoms with Gasteiger partial charge in [-0.1, -0.05) is 0 Å². The quantitative estimate of drug-likeness (QED) is 0.642. The number of hydrogen-bond acceptors (Lipinski definition) is 6. The number of carbonyl (C=O) groups is 1. The molecule has 0 spiro atoms. The molecular weight excluding hydrogens is 294 g/mol. The first-order valence-corrected chi connectivity index (χ1v) is 6.72. The highest BCUT2D eigenvalue weighted by Crippen LogP contribution is 2.34. The second-order valence-electron chi connectivity index (χ2n) is 4.25. The number of furan rings is 1. The Balaban J connectivity index is 1.95. The summed E-state index contributed by atoms with van der Waals surface area (Å²) >= 11 is 1.32. The van der Waals surface area contributed by atoms with Crippen molar-refractivity contribution in [3.8, 4) is 33.5 Å². The van der Waals surface area contributed by atoms with E-state index >= 15 is 0 Å². The van der Waals surface area contributed by atoms with Gasteiger partial charge in [-0.25, -0.2) is 9.78 Å². The minimum Gasteiger partial charge on any atom is -0.504 e. The van der Waals surface area contributed by atoms with Crippen molar-refractivity contribution in [3.05, 3.63) is 41.5 Å². The summed E-state index contributed by atoms with van der Waals surface area (Å²) in [5, 5.41) is 30.0. The molecule has 0 amide bonds. The van der Waals surface area contributed by atoms with Gasteiger partial charge in [-0.15, -0.1) is 11.3 Å². The maximum Gasteiger partial charge on any atom is 0.338 e. The van der Waals surface area contributed by atoms with E-state index in [9.17, 15) is 15.0 Å². The minimum absolute atomic E-state index is 0.0572. The lowest BCUT2D eigenvalue weighted by molar-refractivity contribution is 0.0696. The third-order valence-corrected chi connectivity index (χ3v) is 3.72. The summed E-state index contributed by atoms with van der Waals surface area (Å²) < 4.78 is 5.18. The third-order valence-electron chi connectivity index (χ3n) is 2.83. The molecule has 3 aromatic rings. The van der Waals surface area contributed by atoms with Crippen LogP contribution in [0.2, 0.25) is 0 Å². The summed E-state index contributed by atoms with van der Waals surface area (Å²) in [5.41, 5.74) is 1.21. The molecule has 6 nitrogen and oxygen atoms in total. The maximum atomic E-state index is 10.8. The van der Waals surface area contributed by atoms with Crippen molar-refractivity contribution in [2.75, 3.05) is 0 Å². The topological polar surface area (TPSA) is 104 Å². The van der Waals surface area contributed by atoms with Crippen molar-refractivity contribution < 1.29 is 24.5 Å². The summed E-state index contributed by atoms with van der Waals surface area (Å²) in [4.78, 5) is 15.1. The van der Waals surface area contributed by atoms with Crippen LogP contribution in [-0.4, -0.2) is 26.3 Å². The molecule has 0 aliphatic rings. The Morgan fingerprint density at radius 3 is 2.67 bits per heavy atom. The van der Waals surface area contributed by atoms with Gasteiger partial charge in [0.2, 0.25) is 0 Å². The molecule has 0 unspecified atom stereocenters. The Hall–Kier alpha value is -2.80. The molecule has 2 aromatic heterocycles. The van der Waals surface area contributed by atoms with E-state index in [0.29, 0.717) is 22.0 Å². The lowest BCUT2D eigenvalue weighted by atomic mass is 10.2. The number of aromatic nitrogens is 1. The maximum absolute atomic E-state index is 10.8. The Morgan fingerprint density at radius 2 is 2.00 bits per heavy atom. The second-order valence-corrected chi connectivity index (χ2v) is 5.10. The number of carboxylic acid groups (broad SMARTS) is 1. The van der Waals surface area contributed by atoms with Crippen molar-refractivity contribution in [1.29, 1.82) is 0 Å². The van der Waals surface area contributed by atoms with E-state index in [1.165, 1.54) is 29.5 Å². The summed E-state index contributed by atoms with van der Waals surface area (Å²) in [6, 6.07) is 5.81. The van der Waals surface area contributed by atoms with Crippen LogP contribution in [0.3, 0.4) is 0 Å². The van der Waals surface area contributed by atoms with Crippen LogP contribution in [0.5, 0.6) is 11.5 Å². The molecule has 0 fully saturated rings. The van der Waals surface area contributed by atoms with Crippen LogP contribution in [0.25, 0.3) is 22.0 Å². The van der Waals surface area contributed by atoms with Gasteiger partial charge >= 0.3 is 5.97 Å². The molecule has 1 aromatic carbocycles. The highest BCUT2D eigenvalue weighted by atomic mass is 32.1. The summed E-state index contributed by atoms with van der Waals surface area (Å²) in [6.07, 6.45) is 1.16.